The van der Waals surface area contributed by atoms with Gasteiger partial charge in [-0.05, 0) is 70.8 Å². The first-order valence-corrected chi connectivity index (χ1v) is 14.4. The predicted molar refractivity (Wildman–Crippen MR) is 164 cm³/mol. The van der Waals surface area contributed by atoms with Gasteiger partial charge in [-0.1, -0.05) is 71.4 Å². The van der Waals surface area contributed by atoms with E-state index in [2.05, 4.69) is 15.9 Å². The number of rotatable bonds is 8. The zero-order valence-corrected chi connectivity index (χ0v) is 25.7. The molecular formula is C33H33BrO8. The van der Waals surface area contributed by atoms with Crippen molar-refractivity contribution in [2.24, 2.45) is 0 Å². The van der Waals surface area contributed by atoms with Gasteiger partial charge in [-0.3, -0.25) is 19.2 Å². The third kappa shape index (κ3) is 8.39. The quantitative estimate of drug-likeness (QED) is 0.117. The van der Waals surface area contributed by atoms with Gasteiger partial charge in [0.15, 0.2) is 0 Å². The van der Waals surface area contributed by atoms with Gasteiger partial charge in [-0.25, -0.2) is 0 Å². The molecule has 0 aliphatic rings. The zero-order chi connectivity index (χ0) is 30.8. The molecule has 4 rings (SSSR count). The van der Waals surface area contributed by atoms with Crippen LogP contribution in [0, 0.1) is 0 Å². The molecule has 0 aromatic heterocycles. The van der Waals surface area contributed by atoms with Gasteiger partial charge in [0, 0.05) is 6.42 Å². The van der Waals surface area contributed by atoms with Crippen LogP contribution in [0.25, 0.3) is 21.5 Å². The molecule has 0 aliphatic heterocycles. The second kappa shape index (κ2) is 15.1. The third-order valence-electron chi connectivity index (χ3n) is 6.64. The first kappa shape index (κ1) is 32.3. The Morgan fingerprint density at radius 1 is 0.619 bits per heavy atom. The second-order valence-electron chi connectivity index (χ2n) is 9.46. The van der Waals surface area contributed by atoms with Crippen molar-refractivity contribution in [1.82, 2.24) is 0 Å². The predicted octanol–water partition coefficient (Wildman–Crippen LogP) is 6.85. The molecule has 0 radical (unpaired) electrons. The van der Waals surface area contributed by atoms with Gasteiger partial charge in [-0.15, -0.1) is 0 Å². The molecule has 2 unspecified atom stereocenters. The van der Waals surface area contributed by atoms with Crippen LogP contribution in [0.4, 0.5) is 0 Å². The Morgan fingerprint density at radius 3 is 1.38 bits per heavy atom. The summed E-state index contributed by atoms with van der Waals surface area (Å²) in [4.78, 5) is 45.7. The molecule has 4 aromatic rings. The average Bonchev–Trinajstić information content (AvgIpc) is 3.02. The molecular weight excluding hydrogens is 604 g/mol. The van der Waals surface area contributed by atoms with Crippen molar-refractivity contribution >= 4 is 61.4 Å². The van der Waals surface area contributed by atoms with Crippen LogP contribution in [0.2, 0.25) is 0 Å². The maximum absolute atomic E-state index is 11.6. The van der Waals surface area contributed by atoms with Crippen LogP contribution in [0.15, 0.2) is 72.8 Å². The highest BCUT2D eigenvalue weighted by Crippen LogP contribution is 2.27. The Hall–Kier alpha value is -4.24. The van der Waals surface area contributed by atoms with Crippen LogP contribution >= 0.6 is 15.9 Å². The lowest BCUT2D eigenvalue weighted by atomic mass is 9.98. The fourth-order valence-corrected chi connectivity index (χ4v) is 4.25. The van der Waals surface area contributed by atoms with E-state index in [4.69, 9.17) is 18.9 Å². The molecule has 0 saturated heterocycles. The smallest absolute Gasteiger partial charge is 0.321 e. The molecule has 9 heteroatoms. The van der Waals surface area contributed by atoms with Crippen molar-refractivity contribution in [2.45, 2.75) is 39.0 Å². The minimum absolute atomic E-state index is 0.153. The molecule has 0 bridgehead atoms. The van der Waals surface area contributed by atoms with E-state index in [1.165, 1.54) is 14.2 Å². The van der Waals surface area contributed by atoms with Crippen molar-refractivity contribution in [3.8, 4) is 11.5 Å². The third-order valence-corrected chi connectivity index (χ3v) is 7.10. The Bertz CT molecular complexity index is 1480. The van der Waals surface area contributed by atoms with Crippen LogP contribution in [0.5, 0.6) is 11.5 Å². The van der Waals surface area contributed by atoms with Gasteiger partial charge in [0.25, 0.3) is 0 Å². The largest absolute Gasteiger partial charge is 0.469 e. The van der Waals surface area contributed by atoms with Crippen molar-refractivity contribution < 1.29 is 38.1 Å². The number of halogens is 1. The van der Waals surface area contributed by atoms with Gasteiger partial charge in [0.1, 0.15) is 16.8 Å². The zero-order valence-electron chi connectivity index (χ0n) is 24.1. The number of alkyl halides is 1. The SMILES string of the molecule is CCC(=O)Oc1ccc2cc(C(C)C(=O)OC)ccc2c1.COC(=O)C(C)c1ccc2cc(OC(=O)CBr)ccc2c1. The summed E-state index contributed by atoms with van der Waals surface area (Å²) in [5.41, 5.74) is 1.78. The molecule has 0 spiro atoms. The molecule has 220 valence electrons. The normalized spacial score (nSPS) is 12.0. The van der Waals surface area contributed by atoms with E-state index in [-0.39, 0.29) is 41.0 Å². The highest BCUT2D eigenvalue weighted by molar-refractivity contribution is 9.09. The van der Waals surface area contributed by atoms with Gasteiger partial charge < -0.3 is 18.9 Å². The summed E-state index contributed by atoms with van der Waals surface area (Å²) >= 11 is 3.05. The first-order valence-electron chi connectivity index (χ1n) is 13.3. The van der Waals surface area contributed by atoms with Crippen LogP contribution in [-0.2, 0) is 28.7 Å². The van der Waals surface area contributed by atoms with Crippen LogP contribution in [0.1, 0.15) is 50.2 Å². The number of methoxy groups -OCH3 is 2. The molecule has 4 aromatic carbocycles. The van der Waals surface area contributed by atoms with Gasteiger partial charge in [-0.2, -0.15) is 0 Å². The van der Waals surface area contributed by atoms with E-state index in [0.717, 1.165) is 32.7 Å². The van der Waals surface area contributed by atoms with Gasteiger partial charge in [0.2, 0.25) is 0 Å². The van der Waals surface area contributed by atoms with E-state index in [0.29, 0.717) is 17.9 Å². The average molecular weight is 638 g/mol. The summed E-state index contributed by atoms with van der Waals surface area (Å²) in [6.45, 7) is 5.37. The van der Waals surface area contributed by atoms with E-state index in [1.807, 2.05) is 61.5 Å². The van der Waals surface area contributed by atoms with E-state index < -0.39 is 0 Å². The number of ether oxygens (including phenoxy) is 4. The molecule has 0 aliphatic carbocycles. The molecule has 0 fully saturated rings. The Morgan fingerprint density at radius 2 is 1.00 bits per heavy atom. The highest BCUT2D eigenvalue weighted by Gasteiger charge is 2.17. The molecule has 0 saturated carbocycles. The number of carbonyl (C=O) groups is 4. The fraction of sp³-hybridized carbons (Fsp3) is 0.273. The topological polar surface area (TPSA) is 105 Å². The maximum Gasteiger partial charge on any atom is 0.321 e. The number of hydrogen-bond donors (Lipinski definition) is 0. The van der Waals surface area contributed by atoms with Crippen molar-refractivity contribution in [3.05, 3.63) is 83.9 Å². The summed E-state index contributed by atoms with van der Waals surface area (Å²) in [7, 11) is 2.76. The number of benzene rings is 4. The first-order chi connectivity index (χ1) is 20.1. The van der Waals surface area contributed by atoms with E-state index >= 15 is 0 Å². The minimum atomic E-state index is -0.342. The number of esters is 4. The lowest BCUT2D eigenvalue weighted by Gasteiger charge is -2.11. The summed E-state index contributed by atoms with van der Waals surface area (Å²) < 4.78 is 19.8. The van der Waals surface area contributed by atoms with Crippen molar-refractivity contribution in [1.29, 1.82) is 0 Å². The standard InChI is InChI=1S/C17H18O4.C16H15BrO4/c1-4-16(18)21-15-8-7-13-9-12(5-6-14(13)10-15)11(2)17(19)20-3;1-10(16(19)20-2)11-3-4-13-8-14(21-15(18)9-17)6-5-12(13)7-11/h5-11H,4H2,1-3H3;3-8,10H,9H2,1-2H3. The summed E-state index contributed by atoms with van der Waals surface area (Å²) in [6.07, 6.45) is 0.341. The molecule has 2 atom stereocenters. The Labute approximate surface area is 253 Å². The number of fused-ring (bicyclic) bond motifs is 2. The minimum Gasteiger partial charge on any atom is -0.469 e. The maximum atomic E-state index is 11.6. The second-order valence-corrected chi connectivity index (χ2v) is 10.0. The molecule has 0 heterocycles. The fourth-order valence-electron chi connectivity index (χ4n) is 4.14. The monoisotopic (exact) mass is 636 g/mol. The van der Waals surface area contributed by atoms with Crippen molar-refractivity contribution in [3.63, 3.8) is 0 Å². The van der Waals surface area contributed by atoms with Gasteiger partial charge in [0.05, 0.1) is 26.1 Å². The van der Waals surface area contributed by atoms with E-state index in [1.54, 1.807) is 32.0 Å². The molecule has 0 N–H and O–H groups in total. The summed E-state index contributed by atoms with van der Waals surface area (Å²) in [6, 6.07) is 22.3. The van der Waals surface area contributed by atoms with Gasteiger partial charge >= 0.3 is 23.9 Å². The summed E-state index contributed by atoms with van der Waals surface area (Å²) in [5.74, 6) is -0.721. The Balaban J connectivity index is 0.000000230. The summed E-state index contributed by atoms with van der Waals surface area (Å²) in [5, 5.41) is 4.01. The lowest BCUT2D eigenvalue weighted by Crippen LogP contribution is -2.10. The van der Waals surface area contributed by atoms with Crippen LogP contribution in [-0.4, -0.2) is 43.4 Å². The van der Waals surface area contributed by atoms with Crippen LogP contribution in [0.3, 0.4) is 0 Å². The van der Waals surface area contributed by atoms with E-state index in [9.17, 15) is 19.2 Å². The Kier molecular flexibility index (Phi) is 11.6. The number of carbonyl (C=O) groups excluding carboxylic acids is 4. The molecule has 42 heavy (non-hydrogen) atoms. The van der Waals surface area contributed by atoms with Crippen LogP contribution < -0.4 is 9.47 Å². The molecule has 8 nitrogen and oxygen atoms in total. The lowest BCUT2D eigenvalue weighted by molar-refractivity contribution is -0.142. The molecule has 0 amide bonds. The highest BCUT2D eigenvalue weighted by atomic mass is 79.9. The number of hydrogen-bond acceptors (Lipinski definition) is 8. The van der Waals surface area contributed by atoms with Crippen molar-refractivity contribution in [2.75, 3.05) is 19.5 Å².